The molecule has 52 heavy (non-hydrogen) atoms. The van der Waals surface area contributed by atoms with Gasteiger partial charge in [-0.1, -0.05) is 71.3 Å². The van der Waals surface area contributed by atoms with Gasteiger partial charge in [-0.2, -0.15) is 0 Å². The summed E-state index contributed by atoms with van der Waals surface area (Å²) >= 11 is 0. The van der Waals surface area contributed by atoms with E-state index >= 15 is 0 Å². The van der Waals surface area contributed by atoms with Crippen LogP contribution in [0, 0.1) is 23.7 Å². The minimum Gasteiger partial charge on any atom is -0.377 e. The smallest absolute Gasteiger partial charge is 0.183 e. The summed E-state index contributed by atoms with van der Waals surface area (Å²) in [6, 6.07) is 25.1. The molecule has 0 radical (unpaired) electrons. The van der Waals surface area contributed by atoms with Gasteiger partial charge in [-0.15, -0.1) is 0 Å². The van der Waals surface area contributed by atoms with E-state index in [2.05, 4.69) is 35.2 Å². The molecule has 5 aliphatic rings. The van der Waals surface area contributed by atoms with Gasteiger partial charge in [0.2, 0.25) is 0 Å². The molecule has 0 spiro atoms. The molecule has 1 heterocycles. The molecule has 6 atom stereocenters. The van der Waals surface area contributed by atoms with Crippen LogP contribution in [0.25, 0.3) is 6.08 Å². The predicted octanol–water partition coefficient (Wildman–Crippen LogP) is 5.63. The lowest BCUT2D eigenvalue weighted by atomic mass is 9.82. The van der Waals surface area contributed by atoms with Gasteiger partial charge in [-0.05, 0) is 73.1 Å². The topological polar surface area (TPSA) is 108 Å². The summed E-state index contributed by atoms with van der Waals surface area (Å²) in [5.41, 5.74) is 5.31. The van der Waals surface area contributed by atoms with Gasteiger partial charge in [-0.3, -0.25) is 0 Å². The second-order valence-electron chi connectivity index (χ2n) is 14.4. The van der Waals surface area contributed by atoms with Crippen molar-refractivity contribution in [2.24, 2.45) is 23.7 Å². The van der Waals surface area contributed by atoms with Crippen molar-refractivity contribution >= 4 is 31.4 Å². The Hall–Kier alpha value is -3.32. The Labute approximate surface area is 307 Å². The lowest BCUT2D eigenvalue weighted by Crippen LogP contribution is -2.45. The van der Waals surface area contributed by atoms with E-state index in [0.717, 1.165) is 36.1 Å². The first-order valence-corrected chi connectivity index (χ1v) is 21.6. The second-order valence-corrected chi connectivity index (χ2v) is 18.6. The highest BCUT2D eigenvalue weighted by Gasteiger charge is 2.67. The number of hydrogen-bond donors (Lipinski definition) is 0. The molecule has 11 heteroatoms. The molecule has 0 amide bonds. The Kier molecular flexibility index (Phi) is 10.4. The third-order valence-electron chi connectivity index (χ3n) is 11.6. The first kappa shape index (κ1) is 35.7. The molecule has 0 N–H and O–H groups in total. The minimum atomic E-state index is -4.04. The van der Waals surface area contributed by atoms with Gasteiger partial charge in [-0.25, -0.2) is 16.8 Å². The monoisotopic (exact) mass is 745 g/mol. The Morgan fingerprint density at radius 2 is 0.962 bits per heavy atom. The zero-order valence-electron chi connectivity index (χ0n) is 29.3. The standard InChI is InChI=1S/C41H47NO8S2/c43-51(44,33-7-3-1-4-8-33)40-38-35(39(37-31-14-13-30(28-31)36(37)38)41(40)52(45,46)34-9-5-2-6-10-34)27-29-11-15-32(16-12-29)42-17-19-47-21-23-49-25-26-50-24-22-48-20-18-42/h1-12,15-16,27,30-31,38-41H,13-14,17-26,28H2/t30-,31-,38-,39-,40-,41-/m0/s1. The molecule has 0 aromatic heterocycles. The number of anilines is 1. The maximum absolute atomic E-state index is 14.8. The van der Waals surface area contributed by atoms with E-state index in [-0.39, 0.29) is 9.79 Å². The number of fused-ring (bicyclic) bond motifs is 8. The van der Waals surface area contributed by atoms with Crippen LogP contribution in [0.3, 0.4) is 0 Å². The molecule has 0 unspecified atom stereocenters. The molecular formula is C41H47NO8S2. The fourth-order valence-electron chi connectivity index (χ4n) is 9.43. The summed E-state index contributed by atoms with van der Waals surface area (Å²) in [7, 11) is -8.07. The van der Waals surface area contributed by atoms with Gasteiger partial charge >= 0.3 is 0 Å². The Balaban J connectivity index is 1.15. The van der Waals surface area contributed by atoms with Crippen LogP contribution in [0.15, 0.2) is 111 Å². The van der Waals surface area contributed by atoms with Crippen molar-refractivity contribution in [2.75, 3.05) is 70.8 Å². The Bertz CT molecular complexity index is 1880. The molecule has 4 aliphatic carbocycles. The molecule has 3 aromatic carbocycles. The number of rotatable bonds is 6. The van der Waals surface area contributed by atoms with E-state index in [4.69, 9.17) is 18.9 Å². The normalized spacial score (nSPS) is 28.8. The highest BCUT2D eigenvalue weighted by Crippen LogP contribution is 2.68. The van der Waals surface area contributed by atoms with Crippen LogP contribution in [0.5, 0.6) is 0 Å². The maximum Gasteiger partial charge on any atom is 0.183 e. The molecule has 1 aliphatic heterocycles. The van der Waals surface area contributed by atoms with Crippen LogP contribution in [0.1, 0.15) is 24.8 Å². The van der Waals surface area contributed by atoms with E-state index in [1.807, 2.05) is 0 Å². The maximum atomic E-state index is 14.8. The average molecular weight is 746 g/mol. The van der Waals surface area contributed by atoms with Crippen LogP contribution in [0.2, 0.25) is 0 Å². The van der Waals surface area contributed by atoms with Crippen molar-refractivity contribution in [1.82, 2.24) is 0 Å². The molecule has 2 saturated carbocycles. The zero-order valence-corrected chi connectivity index (χ0v) is 31.0. The third kappa shape index (κ3) is 6.69. The molecule has 4 bridgehead atoms. The number of hydrogen-bond acceptors (Lipinski definition) is 9. The number of nitrogens with zero attached hydrogens (tertiary/aromatic N) is 1. The third-order valence-corrected chi connectivity index (χ3v) is 16.2. The largest absolute Gasteiger partial charge is 0.377 e. The van der Waals surface area contributed by atoms with E-state index in [9.17, 15) is 16.8 Å². The summed E-state index contributed by atoms with van der Waals surface area (Å²) in [5.74, 6) is -0.329. The summed E-state index contributed by atoms with van der Waals surface area (Å²) in [6.45, 7) is 5.59. The fraction of sp³-hybridized carbons (Fsp3) is 0.463. The molecule has 9 nitrogen and oxygen atoms in total. The minimum absolute atomic E-state index is 0.177. The van der Waals surface area contributed by atoms with Crippen LogP contribution in [-0.4, -0.2) is 93.3 Å². The first-order valence-electron chi connectivity index (χ1n) is 18.5. The van der Waals surface area contributed by atoms with Gasteiger partial charge in [0.25, 0.3) is 0 Å². The number of benzene rings is 3. The van der Waals surface area contributed by atoms with Crippen molar-refractivity contribution in [2.45, 2.75) is 39.6 Å². The van der Waals surface area contributed by atoms with Crippen LogP contribution >= 0.6 is 0 Å². The van der Waals surface area contributed by atoms with E-state index in [1.54, 1.807) is 60.7 Å². The Morgan fingerprint density at radius 1 is 0.538 bits per heavy atom. The van der Waals surface area contributed by atoms with E-state index in [0.29, 0.717) is 77.8 Å². The van der Waals surface area contributed by atoms with Crippen LogP contribution < -0.4 is 4.90 Å². The lowest BCUT2D eigenvalue weighted by Gasteiger charge is -2.35. The number of sulfone groups is 2. The molecule has 8 rings (SSSR count). The van der Waals surface area contributed by atoms with Crippen molar-refractivity contribution in [1.29, 1.82) is 0 Å². The highest BCUT2D eigenvalue weighted by atomic mass is 32.2. The van der Waals surface area contributed by atoms with Crippen molar-refractivity contribution in [3.05, 3.63) is 107 Å². The van der Waals surface area contributed by atoms with Gasteiger partial charge in [0.05, 0.1) is 73.1 Å². The summed E-state index contributed by atoms with van der Waals surface area (Å²) < 4.78 is 81.9. The van der Waals surface area contributed by atoms with Gasteiger partial charge in [0, 0.05) is 30.6 Å². The predicted molar refractivity (Wildman–Crippen MR) is 200 cm³/mol. The Morgan fingerprint density at radius 3 is 1.40 bits per heavy atom. The summed E-state index contributed by atoms with van der Waals surface area (Å²) in [4.78, 5) is 2.59. The molecule has 1 saturated heterocycles. The van der Waals surface area contributed by atoms with Gasteiger partial charge in [0.1, 0.15) is 0 Å². The zero-order chi connectivity index (χ0) is 35.7. The average Bonchev–Trinajstić information content (AvgIpc) is 3.94. The molecule has 276 valence electrons. The molecular weight excluding hydrogens is 699 g/mol. The van der Waals surface area contributed by atoms with E-state index < -0.39 is 42.0 Å². The molecule has 3 aromatic rings. The number of allylic oxidation sites excluding steroid dienone is 3. The van der Waals surface area contributed by atoms with Crippen LogP contribution in [-0.2, 0) is 38.6 Å². The SMILES string of the molecule is O=S(=O)(c1ccccc1)[C@H]1[C@H]2C(=Cc3ccc(N4CCOCCOCCOCCOCC4)cc3)[C@@H](C3=C2[C@H]2CC[C@H]3C2)[C@@H]1S(=O)(=O)c1ccccc1. The van der Waals surface area contributed by atoms with Crippen molar-refractivity contribution in [3.63, 3.8) is 0 Å². The first-order chi connectivity index (χ1) is 25.4. The summed E-state index contributed by atoms with van der Waals surface area (Å²) in [5, 5.41) is -2.21. The second kappa shape index (κ2) is 15.2. The lowest BCUT2D eigenvalue weighted by molar-refractivity contribution is 0.00206. The van der Waals surface area contributed by atoms with Gasteiger partial charge in [0.15, 0.2) is 19.7 Å². The van der Waals surface area contributed by atoms with Crippen molar-refractivity contribution < 1.29 is 35.8 Å². The van der Waals surface area contributed by atoms with Crippen molar-refractivity contribution in [3.8, 4) is 0 Å². The van der Waals surface area contributed by atoms with E-state index in [1.165, 1.54) is 11.1 Å². The highest BCUT2D eigenvalue weighted by molar-refractivity contribution is 7.96. The van der Waals surface area contributed by atoms with Gasteiger partial charge < -0.3 is 23.8 Å². The van der Waals surface area contributed by atoms with Crippen LogP contribution in [0.4, 0.5) is 5.69 Å². The fourth-order valence-corrected chi connectivity index (χ4v) is 14.4. The quantitative estimate of drug-likeness (QED) is 0.235. The number of ether oxygens (including phenoxy) is 4. The molecule has 3 fully saturated rings. The summed E-state index contributed by atoms with van der Waals surface area (Å²) in [6.07, 6.45) is 5.17.